The molecule has 2 saturated heterocycles. The summed E-state index contributed by atoms with van der Waals surface area (Å²) in [4.78, 5) is 30.0. The topological polar surface area (TPSA) is 172 Å². The molecule has 0 radical (unpaired) electrons. The monoisotopic (exact) mass is 732 g/mol. The molecule has 3 atom stereocenters. The van der Waals surface area contributed by atoms with E-state index in [9.17, 15) is 15.2 Å². The summed E-state index contributed by atoms with van der Waals surface area (Å²) in [6, 6.07) is 16.9. The zero-order valence-corrected chi connectivity index (χ0v) is 30.6. The average molecular weight is 733 g/mol. The fourth-order valence-corrected chi connectivity index (χ4v) is 7.40. The molecule has 1 aromatic heterocycles. The fraction of sp³-hybridized carbons (Fsp3) is 0.579. The van der Waals surface area contributed by atoms with Crippen LogP contribution in [0.2, 0.25) is 0 Å². The predicted octanol–water partition coefficient (Wildman–Crippen LogP) is 2.75. The van der Waals surface area contributed by atoms with E-state index in [0.29, 0.717) is 85.0 Å². The largest absolute Gasteiger partial charge is 0.465 e. The maximum absolute atomic E-state index is 12.0. The Morgan fingerprint density at radius 1 is 0.925 bits per heavy atom. The molecule has 1 amide bonds. The highest BCUT2D eigenvalue weighted by molar-refractivity contribution is 5.94. The molecule has 2 fully saturated rings. The third-order valence-corrected chi connectivity index (χ3v) is 10.1. The second-order valence-electron chi connectivity index (χ2n) is 13.6. The van der Waals surface area contributed by atoms with Crippen molar-refractivity contribution < 1.29 is 33.6 Å². The van der Waals surface area contributed by atoms with Crippen LogP contribution in [0.15, 0.2) is 42.5 Å². The second-order valence-corrected chi connectivity index (χ2v) is 13.6. The molecule has 6 rings (SSSR count). The van der Waals surface area contributed by atoms with Crippen LogP contribution in [0.25, 0.3) is 10.8 Å². The Labute approximate surface area is 311 Å². The van der Waals surface area contributed by atoms with Gasteiger partial charge in [0.1, 0.15) is 12.4 Å². The minimum absolute atomic E-state index is 0.0602. The van der Waals surface area contributed by atoms with Crippen molar-refractivity contribution in [3.63, 3.8) is 0 Å². The van der Waals surface area contributed by atoms with Gasteiger partial charge in [0.05, 0.1) is 83.1 Å². The van der Waals surface area contributed by atoms with Gasteiger partial charge >= 0.3 is 12.1 Å². The lowest BCUT2D eigenvalue weighted by molar-refractivity contribution is -0.0157. The van der Waals surface area contributed by atoms with Crippen LogP contribution in [0.3, 0.4) is 0 Å². The van der Waals surface area contributed by atoms with Crippen LogP contribution in [-0.2, 0) is 31.9 Å². The number of piperazine rings is 1. The number of amides is 1. The summed E-state index contributed by atoms with van der Waals surface area (Å²) < 4.78 is 29.0. The Bertz CT molecular complexity index is 1690. The summed E-state index contributed by atoms with van der Waals surface area (Å²) in [6.45, 7) is 7.77. The van der Waals surface area contributed by atoms with Gasteiger partial charge in [-0.05, 0) is 31.3 Å². The molecule has 0 bridgehead atoms. The number of nitriles is 1. The van der Waals surface area contributed by atoms with Crippen molar-refractivity contribution in [1.82, 2.24) is 19.8 Å². The zero-order valence-electron chi connectivity index (χ0n) is 30.6. The first-order valence-electron chi connectivity index (χ1n) is 18.6. The smallest absolute Gasteiger partial charge is 0.407 e. The van der Waals surface area contributed by atoms with Crippen molar-refractivity contribution in [2.24, 2.45) is 5.73 Å². The van der Waals surface area contributed by atoms with Crippen molar-refractivity contribution >= 4 is 28.4 Å². The van der Waals surface area contributed by atoms with Crippen molar-refractivity contribution in [3.05, 3.63) is 53.7 Å². The number of likely N-dealkylation sites (tertiary alicyclic amines) is 1. The lowest BCUT2D eigenvalue weighted by Gasteiger charge is -2.41. The third kappa shape index (κ3) is 10.0. The minimum atomic E-state index is -1.01. The van der Waals surface area contributed by atoms with E-state index in [4.69, 9.17) is 39.4 Å². The first-order chi connectivity index (χ1) is 25.9. The standard InChI is InChI=1S/C38H52N8O7/c1-43-25-31(52-22-21-51-20-19-50-18-17-49-16-12-40)23-30(43)27-53-37-41-34-26-44(35-8-4-6-28-5-2-3-7-32(28)35)13-10-33(34)36(42-37)45-14-15-46(38(47)48)29(24-45)9-11-39/h2-8,29-31H,9-10,12-27,40H2,1H3,(H,47,48)/t29-,30-,31+/m0/s1. The van der Waals surface area contributed by atoms with E-state index >= 15 is 0 Å². The molecule has 3 N–H and O–H groups in total. The van der Waals surface area contributed by atoms with E-state index < -0.39 is 12.1 Å². The number of nitrogens with two attached hydrogens (primary N) is 1. The Kier molecular flexibility index (Phi) is 13.9. The normalized spacial score (nSPS) is 20.5. The highest BCUT2D eigenvalue weighted by Crippen LogP contribution is 2.35. The Morgan fingerprint density at radius 3 is 2.45 bits per heavy atom. The van der Waals surface area contributed by atoms with Gasteiger partial charge in [-0.1, -0.05) is 36.4 Å². The molecule has 0 unspecified atom stereocenters. The first-order valence-corrected chi connectivity index (χ1v) is 18.6. The van der Waals surface area contributed by atoms with E-state index in [-0.39, 0.29) is 25.1 Å². The van der Waals surface area contributed by atoms with Gasteiger partial charge in [0.15, 0.2) is 0 Å². The first kappa shape index (κ1) is 38.4. The summed E-state index contributed by atoms with van der Waals surface area (Å²) >= 11 is 0. The molecule has 3 aliphatic heterocycles. The van der Waals surface area contributed by atoms with E-state index in [1.54, 1.807) is 0 Å². The number of benzene rings is 2. The molecule has 53 heavy (non-hydrogen) atoms. The van der Waals surface area contributed by atoms with E-state index in [1.165, 1.54) is 15.7 Å². The van der Waals surface area contributed by atoms with E-state index in [2.05, 4.69) is 70.3 Å². The van der Waals surface area contributed by atoms with E-state index in [0.717, 1.165) is 48.7 Å². The summed E-state index contributed by atoms with van der Waals surface area (Å²) in [5.74, 6) is 0.766. The van der Waals surface area contributed by atoms with Crippen LogP contribution in [0, 0.1) is 11.3 Å². The van der Waals surface area contributed by atoms with Crippen LogP contribution in [0.4, 0.5) is 16.3 Å². The molecule has 0 aliphatic carbocycles. The SMILES string of the molecule is CN1C[C@H](OCCOCCOCCOCCN)C[C@H]1COc1nc2c(c(N3CCN(C(=O)O)[C@@H](CC#N)C3)n1)CCN(c1cccc3ccccc13)C2. The lowest BCUT2D eigenvalue weighted by atomic mass is 10.0. The molecular weight excluding hydrogens is 680 g/mol. The number of ether oxygens (including phenoxy) is 5. The molecule has 2 aromatic carbocycles. The van der Waals surface area contributed by atoms with Crippen molar-refractivity contribution in [2.75, 3.05) is 109 Å². The molecule has 15 heteroatoms. The number of fused-ring (bicyclic) bond motifs is 2. The number of likely N-dealkylation sites (N-methyl/N-ethyl adjacent to an activating group) is 1. The zero-order chi connectivity index (χ0) is 37.0. The maximum Gasteiger partial charge on any atom is 0.407 e. The summed E-state index contributed by atoms with van der Waals surface area (Å²) in [7, 11) is 2.07. The maximum atomic E-state index is 12.0. The number of hydrogen-bond donors (Lipinski definition) is 2. The quantitative estimate of drug-likeness (QED) is 0.183. The van der Waals surface area contributed by atoms with Gasteiger partial charge in [0.2, 0.25) is 0 Å². The van der Waals surface area contributed by atoms with Crippen LogP contribution < -0.4 is 20.3 Å². The predicted molar refractivity (Wildman–Crippen MR) is 199 cm³/mol. The van der Waals surface area contributed by atoms with Crippen LogP contribution in [-0.4, -0.2) is 148 Å². The molecule has 15 nitrogen and oxygen atoms in total. The summed E-state index contributed by atoms with van der Waals surface area (Å²) in [5.41, 5.74) is 8.50. The number of anilines is 2. The number of nitrogens with zero attached hydrogens (tertiary/aromatic N) is 7. The number of hydrogen-bond acceptors (Lipinski definition) is 13. The van der Waals surface area contributed by atoms with Gasteiger partial charge in [0.25, 0.3) is 0 Å². The molecule has 0 saturated carbocycles. The lowest BCUT2D eigenvalue weighted by Crippen LogP contribution is -2.55. The number of aromatic nitrogens is 2. The fourth-order valence-electron chi connectivity index (χ4n) is 7.40. The number of carbonyl (C=O) groups is 1. The van der Waals surface area contributed by atoms with Crippen LogP contribution >= 0.6 is 0 Å². The highest BCUT2D eigenvalue weighted by Gasteiger charge is 2.35. The van der Waals surface area contributed by atoms with Gasteiger partial charge in [-0.3, -0.25) is 4.90 Å². The number of rotatable bonds is 18. The van der Waals surface area contributed by atoms with Gasteiger partial charge < -0.3 is 49.2 Å². The van der Waals surface area contributed by atoms with Gasteiger partial charge in [-0.2, -0.15) is 15.2 Å². The molecule has 3 aliphatic rings. The van der Waals surface area contributed by atoms with Crippen LogP contribution in [0.5, 0.6) is 6.01 Å². The van der Waals surface area contributed by atoms with Gasteiger partial charge in [0, 0.05) is 61.9 Å². The minimum Gasteiger partial charge on any atom is -0.465 e. The van der Waals surface area contributed by atoms with Gasteiger partial charge in [-0.25, -0.2) is 4.79 Å². The van der Waals surface area contributed by atoms with E-state index in [1.807, 2.05) is 0 Å². The van der Waals surface area contributed by atoms with Crippen molar-refractivity contribution in [2.45, 2.75) is 44.0 Å². The number of carboxylic acid groups (broad SMARTS) is 1. The molecule has 0 spiro atoms. The van der Waals surface area contributed by atoms with Crippen molar-refractivity contribution in [1.29, 1.82) is 5.26 Å². The molecule has 3 aromatic rings. The van der Waals surface area contributed by atoms with Crippen LogP contribution in [0.1, 0.15) is 24.1 Å². The van der Waals surface area contributed by atoms with Gasteiger partial charge in [-0.15, -0.1) is 0 Å². The second kappa shape index (κ2) is 19.2. The summed E-state index contributed by atoms with van der Waals surface area (Å²) in [6.07, 6.45) is 0.692. The molecular formula is C38H52N8O7. The Morgan fingerprint density at radius 2 is 1.68 bits per heavy atom. The third-order valence-electron chi connectivity index (χ3n) is 10.1. The highest BCUT2D eigenvalue weighted by atomic mass is 16.6. The molecule has 4 heterocycles. The van der Waals surface area contributed by atoms with Crippen molar-refractivity contribution in [3.8, 4) is 12.1 Å². The molecule has 286 valence electrons. The average Bonchev–Trinajstić information content (AvgIpc) is 3.53. The summed E-state index contributed by atoms with van der Waals surface area (Å²) in [5, 5.41) is 21.7. The Balaban J connectivity index is 1.09. The Hall–Kier alpha value is -4.30.